The van der Waals surface area contributed by atoms with Crippen LogP contribution in [0.15, 0.2) is 59.5 Å². The fourth-order valence-corrected chi connectivity index (χ4v) is 2.57. The molecule has 2 aromatic rings. The van der Waals surface area contributed by atoms with Crippen molar-refractivity contribution >= 4 is 17.7 Å². The van der Waals surface area contributed by atoms with Crippen molar-refractivity contribution in [3.05, 3.63) is 65.7 Å². The van der Waals surface area contributed by atoms with E-state index in [0.717, 1.165) is 0 Å². The number of carbonyl (C=O) groups is 1. The van der Waals surface area contributed by atoms with Crippen molar-refractivity contribution < 1.29 is 20.1 Å². The first-order chi connectivity index (χ1) is 9.00. The lowest BCUT2D eigenvalue weighted by Gasteiger charge is -2.22. The van der Waals surface area contributed by atoms with Crippen molar-refractivity contribution in [3.63, 3.8) is 0 Å². The summed E-state index contributed by atoms with van der Waals surface area (Å²) in [6.07, 6.45) is 0. The van der Waals surface area contributed by atoms with Crippen LogP contribution in [-0.2, 0) is 5.12 Å². The summed E-state index contributed by atoms with van der Waals surface area (Å²) in [7, 11) is 0. The van der Waals surface area contributed by atoms with Gasteiger partial charge >= 0.3 is 5.97 Å². The molecular weight excluding hydrogens is 264 g/mol. The van der Waals surface area contributed by atoms with E-state index in [9.17, 15) is 15.0 Å². The SMILES string of the molecule is O=C(O)c1ccccc1SC(O)(O)c1ccccc1. The molecule has 2 aromatic carbocycles. The number of aromatic carboxylic acids is 1. The molecule has 0 aliphatic carbocycles. The fourth-order valence-electron chi connectivity index (χ4n) is 1.60. The molecule has 0 aliphatic rings. The smallest absolute Gasteiger partial charge is 0.336 e. The third-order valence-corrected chi connectivity index (χ3v) is 3.62. The monoisotopic (exact) mass is 276 g/mol. The van der Waals surface area contributed by atoms with E-state index in [2.05, 4.69) is 0 Å². The van der Waals surface area contributed by atoms with E-state index in [1.54, 1.807) is 42.5 Å². The van der Waals surface area contributed by atoms with Crippen LogP contribution < -0.4 is 0 Å². The van der Waals surface area contributed by atoms with Gasteiger partial charge in [-0.25, -0.2) is 4.79 Å². The van der Waals surface area contributed by atoms with Crippen molar-refractivity contribution in [2.45, 2.75) is 10.0 Å². The van der Waals surface area contributed by atoms with Gasteiger partial charge in [-0.15, -0.1) is 0 Å². The maximum Gasteiger partial charge on any atom is 0.336 e. The Morgan fingerprint density at radius 3 is 2.16 bits per heavy atom. The number of hydrogen-bond donors (Lipinski definition) is 3. The molecule has 0 saturated carbocycles. The van der Waals surface area contributed by atoms with Crippen molar-refractivity contribution in [2.24, 2.45) is 0 Å². The molecule has 0 radical (unpaired) electrons. The third kappa shape index (κ3) is 3.14. The Morgan fingerprint density at radius 1 is 0.947 bits per heavy atom. The summed E-state index contributed by atoms with van der Waals surface area (Å²) in [5, 5.41) is 27.0. The second-order valence-electron chi connectivity index (χ2n) is 3.88. The van der Waals surface area contributed by atoms with Crippen LogP contribution >= 0.6 is 11.8 Å². The van der Waals surface area contributed by atoms with Gasteiger partial charge in [0.1, 0.15) is 0 Å². The van der Waals surface area contributed by atoms with Gasteiger partial charge in [0.2, 0.25) is 5.12 Å². The first-order valence-electron chi connectivity index (χ1n) is 5.52. The summed E-state index contributed by atoms with van der Waals surface area (Å²) in [6.45, 7) is 0. The topological polar surface area (TPSA) is 77.8 Å². The van der Waals surface area contributed by atoms with Crippen LogP contribution in [0.3, 0.4) is 0 Å². The number of benzene rings is 2. The molecule has 2 rings (SSSR count). The molecule has 0 bridgehead atoms. The number of hydrogen-bond acceptors (Lipinski definition) is 4. The van der Waals surface area contributed by atoms with Gasteiger partial charge in [0.05, 0.1) is 5.56 Å². The molecule has 0 atom stereocenters. The molecule has 0 aliphatic heterocycles. The second-order valence-corrected chi connectivity index (χ2v) is 5.09. The zero-order valence-electron chi connectivity index (χ0n) is 9.85. The normalized spacial score (nSPS) is 11.3. The lowest BCUT2D eigenvalue weighted by atomic mass is 10.2. The maximum atomic E-state index is 11.1. The van der Waals surface area contributed by atoms with Gasteiger partial charge in [0.25, 0.3) is 0 Å². The van der Waals surface area contributed by atoms with Crippen LogP contribution in [0.1, 0.15) is 15.9 Å². The first kappa shape index (κ1) is 13.6. The van der Waals surface area contributed by atoms with E-state index in [-0.39, 0.29) is 5.56 Å². The summed E-state index contributed by atoms with van der Waals surface area (Å²) < 4.78 is 0. The minimum atomic E-state index is -2.17. The molecule has 0 spiro atoms. The van der Waals surface area contributed by atoms with Crippen LogP contribution in [0, 0.1) is 0 Å². The van der Waals surface area contributed by atoms with E-state index in [4.69, 9.17) is 5.11 Å². The molecule has 0 heterocycles. The fraction of sp³-hybridized carbons (Fsp3) is 0.0714. The lowest BCUT2D eigenvalue weighted by molar-refractivity contribution is -0.0817. The maximum absolute atomic E-state index is 11.1. The largest absolute Gasteiger partial charge is 0.478 e. The zero-order chi connectivity index (χ0) is 13.9. The molecule has 0 fully saturated rings. The van der Waals surface area contributed by atoms with E-state index in [1.165, 1.54) is 12.1 Å². The predicted octanol–water partition coefficient (Wildman–Crippen LogP) is 2.27. The van der Waals surface area contributed by atoms with Gasteiger partial charge in [0, 0.05) is 10.5 Å². The van der Waals surface area contributed by atoms with Gasteiger partial charge in [-0.2, -0.15) is 0 Å². The van der Waals surface area contributed by atoms with Crippen LogP contribution in [0.25, 0.3) is 0 Å². The molecule has 19 heavy (non-hydrogen) atoms. The molecule has 5 heteroatoms. The van der Waals surface area contributed by atoms with Crippen molar-refractivity contribution in [3.8, 4) is 0 Å². The molecule has 3 N–H and O–H groups in total. The zero-order valence-corrected chi connectivity index (χ0v) is 10.7. The summed E-state index contributed by atoms with van der Waals surface area (Å²) in [4.78, 5) is 11.4. The quantitative estimate of drug-likeness (QED) is 0.590. The number of aliphatic hydroxyl groups is 2. The Morgan fingerprint density at radius 2 is 1.53 bits per heavy atom. The second kappa shape index (κ2) is 5.44. The van der Waals surface area contributed by atoms with Crippen LogP contribution in [0.4, 0.5) is 0 Å². The van der Waals surface area contributed by atoms with Crippen molar-refractivity contribution in [2.75, 3.05) is 0 Å². The molecule has 0 aromatic heterocycles. The number of rotatable bonds is 4. The first-order valence-corrected chi connectivity index (χ1v) is 6.34. The van der Waals surface area contributed by atoms with E-state index in [0.29, 0.717) is 22.2 Å². The molecule has 98 valence electrons. The standard InChI is InChI=1S/C14H12O4S/c15-13(16)11-8-4-5-9-12(11)19-14(17,18)10-6-2-1-3-7-10/h1-9,17-18H,(H,15,16). The van der Waals surface area contributed by atoms with Gasteiger partial charge < -0.3 is 15.3 Å². The summed E-state index contributed by atoms with van der Waals surface area (Å²) >= 11 is 0.684. The molecule has 0 saturated heterocycles. The number of carboxylic acid groups (broad SMARTS) is 1. The summed E-state index contributed by atoms with van der Waals surface area (Å²) in [5.41, 5.74) is 0.330. The highest BCUT2D eigenvalue weighted by molar-refractivity contribution is 8.00. The summed E-state index contributed by atoms with van der Waals surface area (Å²) in [6, 6.07) is 14.5. The van der Waals surface area contributed by atoms with Gasteiger partial charge in [-0.1, -0.05) is 54.2 Å². The number of thioether (sulfide) groups is 1. The molecule has 0 unspecified atom stereocenters. The van der Waals surface area contributed by atoms with E-state index < -0.39 is 11.1 Å². The Bertz CT molecular complexity index is 581. The average Bonchev–Trinajstić information content (AvgIpc) is 2.39. The minimum Gasteiger partial charge on any atom is -0.478 e. The van der Waals surface area contributed by atoms with Gasteiger partial charge in [-0.3, -0.25) is 0 Å². The average molecular weight is 276 g/mol. The third-order valence-electron chi connectivity index (χ3n) is 2.52. The molecular formula is C14H12O4S. The lowest BCUT2D eigenvalue weighted by Crippen LogP contribution is -2.20. The van der Waals surface area contributed by atoms with E-state index in [1.807, 2.05) is 0 Å². The number of carboxylic acids is 1. The Balaban J connectivity index is 2.33. The van der Waals surface area contributed by atoms with Gasteiger partial charge in [0.15, 0.2) is 0 Å². The highest BCUT2D eigenvalue weighted by Crippen LogP contribution is 2.38. The molecule has 4 nitrogen and oxygen atoms in total. The Hall–Kier alpha value is -1.82. The Kier molecular flexibility index (Phi) is 3.90. The highest BCUT2D eigenvalue weighted by Gasteiger charge is 2.29. The van der Waals surface area contributed by atoms with E-state index >= 15 is 0 Å². The van der Waals surface area contributed by atoms with Crippen molar-refractivity contribution in [1.82, 2.24) is 0 Å². The summed E-state index contributed by atoms with van der Waals surface area (Å²) in [5.74, 6) is -1.10. The Labute approximate surface area is 114 Å². The van der Waals surface area contributed by atoms with Crippen LogP contribution in [0.5, 0.6) is 0 Å². The predicted molar refractivity (Wildman–Crippen MR) is 71.8 cm³/mol. The highest BCUT2D eigenvalue weighted by atomic mass is 32.2. The van der Waals surface area contributed by atoms with Gasteiger partial charge in [-0.05, 0) is 12.1 Å². The van der Waals surface area contributed by atoms with Crippen molar-refractivity contribution in [1.29, 1.82) is 0 Å². The molecule has 0 amide bonds. The van der Waals surface area contributed by atoms with Crippen LogP contribution in [0.2, 0.25) is 0 Å². The minimum absolute atomic E-state index is 0.0379. The van der Waals surface area contributed by atoms with Crippen LogP contribution in [-0.4, -0.2) is 21.3 Å².